The Labute approximate surface area is 133 Å². The molecule has 0 atom stereocenters. The first-order chi connectivity index (χ1) is 9.65. The predicted octanol–water partition coefficient (Wildman–Crippen LogP) is 2.36. The highest BCUT2D eigenvalue weighted by Crippen LogP contribution is 2.31. The van der Waals surface area contributed by atoms with Gasteiger partial charge < -0.3 is 16.2 Å². The summed E-state index contributed by atoms with van der Waals surface area (Å²) in [6.45, 7) is 0.687. The number of carbonyl (C=O) groups excluding carboxylic acids is 1. The molecule has 6 heteroatoms. The van der Waals surface area contributed by atoms with Crippen molar-refractivity contribution in [2.24, 2.45) is 28.3 Å². The lowest BCUT2D eigenvalue weighted by molar-refractivity contribution is -0.157. The summed E-state index contributed by atoms with van der Waals surface area (Å²) in [6, 6.07) is 0. The molecule has 0 saturated heterocycles. The van der Waals surface area contributed by atoms with Crippen molar-refractivity contribution in [1.29, 1.82) is 0 Å². The first-order valence-electron chi connectivity index (χ1n) is 7.91. The SMILES string of the molecule is Cl.NC(N)=NCC1CCC(C(=O)OC2CCCCC2)CC1. The zero-order valence-corrected chi connectivity index (χ0v) is 13.4. The molecule has 0 aliphatic heterocycles. The number of nitrogens with zero attached hydrogens (tertiary/aromatic N) is 1. The fraction of sp³-hybridized carbons (Fsp3) is 0.867. The van der Waals surface area contributed by atoms with Gasteiger partial charge in [0.1, 0.15) is 6.10 Å². The summed E-state index contributed by atoms with van der Waals surface area (Å²) in [5.74, 6) is 0.782. The Balaban J connectivity index is 0.00000220. The number of hydrogen-bond acceptors (Lipinski definition) is 3. The molecule has 2 aliphatic rings. The van der Waals surface area contributed by atoms with E-state index >= 15 is 0 Å². The van der Waals surface area contributed by atoms with Crippen LogP contribution in [0.2, 0.25) is 0 Å². The van der Waals surface area contributed by atoms with Gasteiger partial charge in [-0.1, -0.05) is 6.42 Å². The third-order valence-electron chi connectivity index (χ3n) is 4.55. The van der Waals surface area contributed by atoms with E-state index in [9.17, 15) is 4.79 Å². The topological polar surface area (TPSA) is 90.7 Å². The molecule has 0 amide bonds. The summed E-state index contributed by atoms with van der Waals surface area (Å²) < 4.78 is 5.66. The van der Waals surface area contributed by atoms with Crippen molar-refractivity contribution in [2.45, 2.75) is 63.9 Å². The predicted molar refractivity (Wildman–Crippen MR) is 86.3 cm³/mol. The van der Waals surface area contributed by atoms with Crippen LogP contribution in [0, 0.1) is 11.8 Å². The number of aliphatic imine (C=N–C) groups is 1. The van der Waals surface area contributed by atoms with Gasteiger partial charge in [-0.15, -0.1) is 12.4 Å². The molecule has 2 aliphatic carbocycles. The first-order valence-corrected chi connectivity index (χ1v) is 7.91. The zero-order chi connectivity index (χ0) is 14.4. The van der Waals surface area contributed by atoms with Crippen LogP contribution < -0.4 is 11.5 Å². The van der Waals surface area contributed by atoms with Gasteiger partial charge in [0, 0.05) is 6.54 Å². The lowest BCUT2D eigenvalue weighted by atomic mass is 9.82. The second kappa shape index (κ2) is 9.13. The Kier molecular flexibility index (Phi) is 7.86. The molecule has 2 fully saturated rings. The Morgan fingerprint density at radius 1 is 1.00 bits per heavy atom. The van der Waals surface area contributed by atoms with E-state index in [-0.39, 0.29) is 36.4 Å². The molecule has 0 aromatic heterocycles. The maximum Gasteiger partial charge on any atom is 0.309 e. The average Bonchev–Trinajstić information content (AvgIpc) is 2.46. The minimum atomic E-state index is 0. The van der Waals surface area contributed by atoms with Gasteiger partial charge in [-0.3, -0.25) is 9.79 Å². The van der Waals surface area contributed by atoms with E-state index in [1.165, 1.54) is 19.3 Å². The molecule has 0 radical (unpaired) electrons. The monoisotopic (exact) mass is 317 g/mol. The summed E-state index contributed by atoms with van der Waals surface area (Å²) in [6.07, 6.45) is 9.80. The Morgan fingerprint density at radius 2 is 1.62 bits per heavy atom. The van der Waals surface area contributed by atoms with Crippen molar-refractivity contribution in [3.05, 3.63) is 0 Å². The summed E-state index contributed by atoms with van der Waals surface area (Å²) in [5, 5.41) is 0. The highest BCUT2D eigenvalue weighted by Gasteiger charge is 2.29. The van der Waals surface area contributed by atoms with Crippen molar-refractivity contribution in [3.63, 3.8) is 0 Å². The molecule has 0 heterocycles. The van der Waals surface area contributed by atoms with E-state index in [0.717, 1.165) is 38.5 Å². The quantitative estimate of drug-likeness (QED) is 0.473. The van der Waals surface area contributed by atoms with Gasteiger partial charge in [0.15, 0.2) is 5.96 Å². The van der Waals surface area contributed by atoms with Crippen LogP contribution in [0.5, 0.6) is 0 Å². The Morgan fingerprint density at radius 3 is 2.19 bits per heavy atom. The van der Waals surface area contributed by atoms with Gasteiger partial charge in [-0.25, -0.2) is 0 Å². The minimum absolute atomic E-state index is 0. The van der Waals surface area contributed by atoms with Gasteiger partial charge in [0.05, 0.1) is 5.92 Å². The smallest absolute Gasteiger partial charge is 0.309 e. The van der Waals surface area contributed by atoms with Gasteiger partial charge >= 0.3 is 5.97 Å². The van der Waals surface area contributed by atoms with Crippen LogP contribution >= 0.6 is 12.4 Å². The fourth-order valence-corrected chi connectivity index (χ4v) is 3.26. The number of ether oxygens (including phenoxy) is 1. The fourth-order valence-electron chi connectivity index (χ4n) is 3.26. The maximum atomic E-state index is 12.1. The molecule has 0 bridgehead atoms. The highest BCUT2D eigenvalue weighted by molar-refractivity contribution is 5.85. The molecule has 2 rings (SSSR count). The zero-order valence-electron chi connectivity index (χ0n) is 12.6. The summed E-state index contributed by atoms with van der Waals surface area (Å²) in [5.41, 5.74) is 10.7. The van der Waals surface area contributed by atoms with E-state index in [1.807, 2.05) is 0 Å². The standard InChI is InChI=1S/C15H27N3O2.ClH/c16-15(17)18-10-11-6-8-12(9-7-11)14(19)20-13-4-2-1-3-5-13;/h11-13H,1-10H2,(H4,16,17,18);1H. The van der Waals surface area contributed by atoms with E-state index in [0.29, 0.717) is 12.5 Å². The maximum absolute atomic E-state index is 12.1. The number of hydrogen-bond donors (Lipinski definition) is 2. The van der Waals surface area contributed by atoms with Crippen LogP contribution in [0.25, 0.3) is 0 Å². The van der Waals surface area contributed by atoms with E-state index in [4.69, 9.17) is 16.2 Å². The second-order valence-electron chi connectivity index (χ2n) is 6.18. The molecule has 21 heavy (non-hydrogen) atoms. The normalized spacial score (nSPS) is 26.5. The van der Waals surface area contributed by atoms with E-state index < -0.39 is 0 Å². The lowest BCUT2D eigenvalue weighted by Crippen LogP contribution is -2.30. The van der Waals surface area contributed by atoms with Crippen LogP contribution in [0.1, 0.15) is 57.8 Å². The van der Waals surface area contributed by atoms with Crippen molar-refractivity contribution in [1.82, 2.24) is 0 Å². The van der Waals surface area contributed by atoms with Gasteiger partial charge in [0.25, 0.3) is 0 Å². The summed E-state index contributed by atoms with van der Waals surface area (Å²) in [4.78, 5) is 16.2. The number of carbonyl (C=O) groups is 1. The van der Waals surface area contributed by atoms with Crippen molar-refractivity contribution in [3.8, 4) is 0 Å². The van der Waals surface area contributed by atoms with Crippen LogP contribution in [0.3, 0.4) is 0 Å². The van der Waals surface area contributed by atoms with Crippen LogP contribution in [-0.4, -0.2) is 24.6 Å². The van der Waals surface area contributed by atoms with Crippen LogP contribution in [0.4, 0.5) is 0 Å². The molecule has 0 unspecified atom stereocenters. The molecule has 0 spiro atoms. The third kappa shape index (κ3) is 6.12. The Hall–Kier alpha value is -0.970. The molecule has 2 saturated carbocycles. The number of rotatable bonds is 4. The molecule has 122 valence electrons. The second-order valence-corrected chi connectivity index (χ2v) is 6.18. The molecule has 0 aromatic carbocycles. The first kappa shape index (κ1) is 18.1. The number of esters is 1. The van der Waals surface area contributed by atoms with Crippen molar-refractivity contribution < 1.29 is 9.53 Å². The van der Waals surface area contributed by atoms with Crippen LogP contribution in [-0.2, 0) is 9.53 Å². The third-order valence-corrected chi connectivity index (χ3v) is 4.55. The number of nitrogens with two attached hydrogens (primary N) is 2. The molecular weight excluding hydrogens is 290 g/mol. The van der Waals surface area contributed by atoms with Crippen LogP contribution in [0.15, 0.2) is 4.99 Å². The largest absolute Gasteiger partial charge is 0.462 e. The molecule has 4 N–H and O–H groups in total. The van der Waals surface area contributed by atoms with Gasteiger partial charge in [-0.05, 0) is 57.3 Å². The summed E-state index contributed by atoms with van der Waals surface area (Å²) >= 11 is 0. The minimum Gasteiger partial charge on any atom is -0.462 e. The summed E-state index contributed by atoms with van der Waals surface area (Å²) in [7, 11) is 0. The number of halogens is 1. The van der Waals surface area contributed by atoms with Gasteiger partial charge in [-0.2, -0.15) is 0 Å². The average molecular weight is 318 g/mol. The molecular formula is C15H28ClN3O2. The highest BCUT2D eigenvalue weighted by atomic mass is 35.5. The van der Waals surface area contributed by atoms with Gasteiger partial charge in [0.2, 0.25) is 0 Å². The van der Waals surface area contributed by atoms with Crippen molar-refractivity contribution in [2.75, 3.05) is 6.54 Å². The van der Waals surface area contributed by atoms with E-state index in [1.54, 1.807) is 0 Å². The molecule has 5 nitrogen and oxygen atoms in total. The number of guanidine groups is 1. The lowest BCUT2D eigenvalue weighted by Gasteiger charge is -2.29. The molecule has 0 aromatic rings. The Bertz CT molecular complexity index is 345. The van der Waals surface area contributed by atoms with E-state index in [2.05, 4.69) is 4.99 Å². The van der Waals surface area contributed by atoms with Crippen molar-refractivity contribution >= 4 is 24.3 Å².